The Labute approximate surface area is 156 Å². The molecule has 1 aromatic carbocycles. The zero-order valence-corrected chi connectivity index (χ0v) is 15.7. The Kier molecular flexibility index (Phi) is 5.46. The molecule has 0 aliphatic carbocycles. The summed E-state index contributed by atoms with van der Waals surface area (Å²) in [6, 6.07) is 9.27. The van der Waals surface area contributed by atoms with Crippen molar-refractivity contribution in [3.05, 3.63) is 58.3 Å². The molecule has 2 heterocycles. The Hall–Kier alpha value is -2.54. The number of carbonyl (C=O) groups excluding carboxylic acids is 2. The second kappa shape index (κ2) is 7.78. The van der Waals surface area contributed by atoms with Gasteiger partial charge in [-0.25, -0.2) is 9.79 Å². The van der Waals surface area contributed by atoms with Crippen molar-refractivity contribution in [2.75, 3.05) is 13.7 Å². The van der Waals surface area contributed by atoms with Crippen LogP contribution >= 0.6 is 11.8 Å². The molecule has 0 saturated carbocycles. The van der Waals surface area contributed by atoms with Crippen LogP contribution in [-0.2, 0) is 19.1 Å². The summed E-state index contributed by atoms with van der Waals surface area (Å²) < 4.78 is 10.1. The van der Waals surface area contributed by atoms with E-state index in [1.165, 1.54) is 18.9 Å². The smallest absolute Gasteiger partial charge is 0.338 e. The largest absolute Gasteiger partial charge is 0.466 e. The zero-order chi connectivity index (χ0) is 18.7. The van der Waals surface area contributed by atoms with Crippen molar-refractivity contribution in [1.29, 1.82) is 0 Å². The number of ether oxygens (including phenoxy) is 2. The molecule has 7 heteroatoms. The summed E-state index contributed by atoms with van der Waals surface area (Å²) in [5, 5.41) is 2.63. The third kappa shape index (κ3) is 3.39. The molecule has 0 fully saturated rings. The Morgan fingerprint density at radius 2 is 2.00 bits per heavy atom. The highest BCUT2D eigenvalue weighted by molar-refractivity contribution is 8.16. The van der Waals surface area contributed by atoms with Crippen LogP contribution < -0.4 is 0 Å². The van der Waals surface area contributed by atoms with Gasteiger partial charge < -0.3 is 14.4 Å². The van der Waals surface area contributed by atoms with Crippen molar-refractivity contribution in [1.82, 2.24) is 4.90 Å². The van der Waals surface area contributed by atoms with Gasteiger partial charge in [0.1, 0.15) is 0 Å². The molecule has 0 amide bonds. The van der Waals surface area contributed by atoms with Gasteiger partial charge >= 0.3 is 11.9 Å². The van der Waals surface area contributed by atoms with E-state index in [0.717, 1.165) is 16.4 Å². The number of hydrogen-bond acceptors (Lipinski definition) is 7. The Morgan fingerprint density at radius 3 is 2.65 bits per heavy atom. The first-order chi connectivity index (χ1) is 12.6. The van der Waals surface area contributed by atoms with E-state index in [2.05, 4.69) is 4.99 Å². The fourth-order valence-electron chi connectivity index (χ4n) is 3.05. The predicted molar refractivity (Wildman–Crippen MR) is 100 cm³/mol. The highest BCUT2D eigenvalue weighted by Gasteiger charge is 2.40. The fourth-order valence-corrected chi connectivity index (χ4v) is 4.02. The summed E-state index contributed by atoms with van der Waals surface area (Å²) in [6.07, 6.45) is 0.122. The lowest BCUT2D eigenvalue weighted by Crippen LogP contribution is -2.37. The number of rotatable bonds is 5. The van der Waals surface area contributed by atoms with Gasteiger partial charge in [0.25, 0.3) is 0 Å². The van der Waals surface area contributed by atoms with Crippen molar-refractivity contribution < 1.29 is 19.1 Å². The minimum atomic E-state index is -0.425. The second-order valence-electron chi connectivity index (χ2n) is 5.78. The van der Waals surface area contributed by atoms with Crippen LogP contribution in [0.25, 0.3) is 0 Å². The van der Waals surface area contributed by atoms with Gasteiger partial charge in [-0.1, -0.05) is 42.1 Å². The molecule has 3 rings (SSSR count). The lowest BCUT2D eigenvalue weighted by Gasteiger charge is -2.36. The van der Waals surface area contributed by atoms with Crippen LogP contribution in [-0.4, -0.2) is 35.7 Å². The van der Waals surface area contributed by atoms with Crippen LogP contribution in [0.1, 0.15) is 31.9 Å². The normalized spacial score (nSPS) is 18.9. The van der Waals surface area contributed by atoms with E-state index in [0.29, 0.717) is 17.9 Å². The average molecular weight is 372 g/mol. The molecule has 0 unspecified atom stereocenters. The molecular weight excluding hydrogens is 352 g/mol. The van der Waals surface area contributed by atoms with Crippen LogP contribution in [0.4, 0.5) is 0 Å². The van der Waals surface area contributed by atoms with E-state index in [4.69, 9.17) is 9.47 Å². The first kappa shape index (κ1) is 18.3. The Bertz CT molecular complexity index is 814. The van der Waals surface area contributed by atoms with Gasteiger partial charge in [0.05, 0.1) is 37.4 Å². The zero-order valence-electron chi connectivity index (χ0n) is 14.9. The Morgan fingerprint density at radius 1 is 1.27 bits per heavy atom. The summed E-state index contributed by atoms with van der Waals surface area (Å²) in [4.78, 5) is 31.0. The first-order valence-electron chi connectivity index (χ1n) is 8.30. The molecule has 1 aromatic rings. The third-order valence-corrected chi connectivity index (χ3v) is 5.04. The summed E-state index contributed by atoms with van der Waals surface area (Å²) >= 11 is 1.44. The van der Waals surface area contributed by atoms with E-state index in [9.17, 15) is 9.59 Å². The lowest BCUT2D eigenvalue weighted by molar-refractivity contribution is -0.142. The fraction of sp³-hybridized carbons (Fsp3) is 0.316. The molecule has 1 atom stereocenters. The van der Waals surface area contributed by atoms with Crippen molar-refractivity contribution in [2.24, 2.45) is 4.99 Å². The standard InChI is InChI=1S/C19H20N2O4S/c1-4-25-15(22)10-14-11-26-19-20-12(2)16(18(23)24-3)17(21(14)19)13-8-6-5-7-9-13/h5-9,11,17H,4,10H2,1-3H3/t17-/m0/s1. The number of aliphatic imine (C=N–C) groups is 1. The van der Waals surface area contributed by atoms with Gasteiger partial charge in [0, 0.05) is 5.70 Å². The van der Waals surface area contributed by atoms with Crippen LogP contribution in [0.5, 0.6) is 0 Å². The van der Waals surface area contributed by atoms with Gasteiger partial charge in [-0.05, 0) is 24.8 Å². The van der Waals surface area contributed by atoms with Gasteiger partial charge in [-0.2, -0.15) is 0 Å². The number of esters is 2. The molecule has 0 saturated heterocycles. The monoisotopic (exact) mass is 372 g/mol. The minimum Gasteiger partial charge on any atom is -0.466 e. The second-order valence-corrected chi connectivity index (χ2v) is 6.61. The number of fused-ring (bicyclic) bond motifs is 1. The quantitative estimate of drug-likeness (QED) is 0.738. The number of methoxy groups -OCH3 is 1. The van der Waals surface area contributed by atoms with Crippen molar-refractivity contribution in [3.8, 4) is 0 Å². The van der Waals surface area contributed by atoms with Crippen molar-refractivity contribution in [2.45, 2.75) is 26.3 Å². The Balaban J connectivity index is 2.04. The summed E-state index contributed by atoms with van der Waals surface area (Å²) in [5.74, 6) is -0.732. The molecule has 26 heavy (non-hydrogen) atoms. The summed E-state index contributed by atoms with van der Waals surface area (Å²) in [5.41, 5.74) is 2.78. The lowest BCUT2D eigenvalue weighted by atomic mass is 9.94. The highest BCUT2D eigenvalue weighted by atomic mass is 32.2. The van der Waals surface area contributed by atoms with Gasteiger partial charge in [0.15, 0.2) is 5.17 Å². The van der Waals surface area contributed by atoms with E-state index in [1.54, 1.807) is 13.8 Å². The maximum Gasteiger partial charge on any atom is 0.338 e. The minimum absolute atomic E-state index is 0.122. The SMILES string of the molecule is CCOC(=O)CC1=CSC2=NC(C)=C(C(=O)OC)[C@H](c3ccccc3)N12. The number of thioether (sulfide) groups is 1. The average Bonchev–Trinajstić information content (AvgIpc) is 3.03. The first-order valence-corrected chi connectivity index (χ1v) is 9.18. The number of benzene rings is 1. The molecule has 2 aliphatic rings. The molecule has 136 valence electrons. The van der Waals surface area contributed by atoms with E-state index >= 15 is 0 Å². The third-order valence-electron chi connectivity index (χ3n) is 4.15. The van der Waals surface area contributed by atoms with Crippen molar-refractivity contribution in [3.63, 3.8) is 0 Å². The molecule has 6 nitrogen and oxygen atoms in total. The number of nitrogens with zero attached hydrogens (tertiary/aromatic N) is 2. The maximum atomic E-state index is 12.5. The van der Waals surface area contributed by atoms with Crippen LogP contribution in [0, 0.1) is 0 Å². The molecule has 0 radical (unpaired) electrons. The molecular formula is C19H20N2O4S. The van der Waals surface area contributed by atoms with Crippen LogP contribution in [0.3, 0.4) is 0 Å². The molecule has 2 aliphatic heterocycles. The summed E-state index contributed by atoms with van der Waals surface area (Å²) in [6.45, 7) is 3.91. The highest BCUT2D eigenvalue weighted by Crippen LogP contribution is 2.44. The number of carbonyl (C=O) groups is 2. The molecule has 0 bridgehead atoms. The summed E-state index contributed by atoms with van der Waals surface area (Å²) in [7, 11) is 1.36. The number of allylic oxidation sites excluding steroid dienone is 1. The van der Waals surface area contributed by atoms with E-state index < -0.39 is 12.0 Å². The van der Waals surface area contributed by atoms with Crippen LogP contribution in [0.2, 0.25) is 0 Å². The van der Waals surface area contributed by atoms with E-state index in [-0.39, 0.29) is 12.4 Å². The van der Waals surface area contributed by atoms with Crippen molar-refractivity contribution >= 4 is 28.9 Å². The molecule has 0 spiro atoms. The van der Waals surface area contributed by atoms with Crippen LogP contribution in [0.15, 0.2) is 57.7 Å². The maximum absolute atomic E-state index is 12.5. The van der Waals surface area contributed by atoms with E-state index in [1.807, 2.05) is 40.6 Å². The molecule has 0 aromatic heterocycles. The predicted octanol–water partition coefficient (Wildman–Crippen LogP) is 3.39. The molecule has 0 N–H and O–H groups in total. The topological polar surface area (TPSA) is 68.2 Å². The number of amidine groups is 1. The van der Waals surface area contributed by atoms with Gasteiger partial charge in [0.2, 0.25) is 0 Å². The number of hydrogen-bond donors (Lipinski definition) is 0. The van der Waals surface area contributed by atoms with Gasteiger partial charge in [-0.3, -0.25) is 4.79 Å². The van der Waals surface area contributed by atoms with Gasteiger partial charge in [-0.15, -0.1) is 0 Å².